The van der Waals surface area contributed by atoms with Crippen LogP contribution in [0.1, 0.15) is 92.4 Å². The van der Waals surface area contributed by atoms with Gasteiger partial charge >= 0.3 is 5.97 Å². The number of aromatic nitrogens is 1. The maximum absolute atomic E-state index is 15.1. The average molecular weight is 876 g/mol. The summed E-state index contributed by atoms with van der Waals surface area (Å²) >= 11 is 0. The van der Waals surface area contributed by atoms with Crippen molar-refractivity contribution in [3.05, 3.63) is 60.4 Å². The Labute approximate surface area is 363 Å². The van der Waals surface area contributed by atoms with Crippen molar-refractivity contribution in [2.75, 3.05) is 20.8 Å². The molecule has 7 atom stereocenters. The van der Waals surface area contributed by atoms with Gasteiger partial charge in [-0.15, -0.1) is 0 Å². The number of esters is 1. The highest BCUT2D eigenvalue weighted by Gasteiger charge is 2.61. The van der Waals surface area contributed by atoms with Crippen molar-refractivity contribution < 1.29 is 50.9 Å². The van der Waals surface area contributed by atoms with Crippen molar-refractivity contribution in [2.45, 2.75) is 115 Å². The van der Waals surface area contributed by atoms with Gasteiger partial charge in [0.05, 0.1) is 55.5 Å². The Morgan fingerprint density at radius 1 is 1.00 bits per heavy atom. The molecular formula is C47H58FN3O10S. The van der Waals surface area contributed by atoms with Gasteiger partial charge in [0.15, 0.2) is 17.3 Å². The van der Waals surface area contributed by atoms with Crippen LogP contribution in [0.2, 0.25) is 0 Å². The van der Waals surface area contributed by atoms with Crippen molar-refractivity contribution >= 4 is 44.4 Å². The molecule has 15 heteroatoms. The standard InChI is InChI=1S/C47H58FN3O10S/c1-27-10-8-9-11-31-24-47(31,45(55)50-62(56,57)34-14-15-34)25-40(52)39-22-33(26-51(39)44(54)36(28(2)18-27)23-42(53)61-46(3,4)5)60-43-35-16-13-32(58-6)19-30(35)21-38(49-43)29-12-17-41(59-7)37(48)20-29/h9,11-13,16-17,19-21,27-28,31,33-34,36,39H,8,10,14-15,18,22-26H2,1-7H3,(H,50,55)/b11-9-/t27-,28+,31+,33+,36-,39-,47+/m0/s1. The molecule has 3 fully saturated rings. The summed E-state index contributed by atoms with van der Waals surface area (Å²) in [7, 11) is -0.977. The fourth-order valence-corrected chi connectivity index (χ4v) is 10.5. The third kappa shape index (κ3) is 9.92. The molecule has 2 aliphatic carbocycles. The first-order chi connectivity index (χ1) is 29.3. The van der Waals surface area contributed by atoms with Gasteiger partial charge in [-0.05, 0) is 125 Å². The van der Waals surface area contributed by atoms with E-state index in [9.17, 15) is 27.2 Å². The number of fused-ring (bicyclic) bond motifs is 3. The summed E-state index contributed by atoms with van der Waals surface area (Å²) in [4.78, 5) is 63.7. The lowest BCUT2D eigenvalue weighted by Gasteiger charge is -2.32. The number of halogens is 1. The molecule has 3 heterocycles. The number of rotatable bonds is 10. The Morgan fingerprint density at radius 3 is 2.44 bits per heavy atom. The number of nitrogens with zero attached hydrogens (tertiary/aromatic N) is 2. The molecule has 2 amide bonds. The Morgan fingerprint density at radius 2 is 1.76 bits per heavy atom. The third-order valence-corrected chi connectivity index (χ3v) is 14.5. The van der Waals surface area contributed by atoms with Crippen LogP contribution in [0.3, 0.4) is 0 Å². The van der Waals surface area contributed by atoms with Gasteiger partial charge in [0.1, 0.15) is 17.5 Å². The predicted molar refractivity (Wildman–Crippen MR) is 230 cm³/mol. The summed E-state index contributed by atoms with van der Waals surface area (Å²) in [6.45, 7) is 9.30. The Balaban J connectivity index is 1.27. The smallest absolute Gasteiger partial charge is 0.307 e. The summed E-state index contributed by atoms with van der Waals surface area (Å²) < 4.78 is 66.4. The summed E-state index contributed by atoms with van der Waals surface area (Å²) in [5.74, 6) is -3.10. The fraction of sp³-hybridized carbons (Fsp3) is 0.553. The Hall–Kier alpha value is -5.05. The van der Waals surface area contributed by atoms with Crippen molar-refractivity contribution in [3.8, 4) is 28.6 Å². The number of hydrogen-bond donors (Lipinski definition) is 1. The molecule has 1 saturated heterocycles. The molecule has 334 valence electrons. The number of pyridine rings is 1. The molecule has 7 rings (SSSR count). The topological polar surface area (TPSA) is 167 Å². The molecule has 1 N–H and O–H groups in total. The van der Waals surface area contributed by atoms with E-state index >= 15 is 4.79 Å². The van der Waals surface area contributed by atoms with Gasteiger partial charge in [0, 0.05) is 23.8 Å². The molecule has 2 aromatic carbocycles. The van der Waals surface area contributed by atoms with Crippen LogP contribution in [0.25, 0.3) is 22.0 Å². The molecule has 3 aromatic rings. The summed E-state index contributed by atoms with van der Waals surface area (Å²) in [5, 5.41) is 0.659. The van der Waals surface area contributed by atoms with Gasteiger partial charge in [-0.3, -0.25) is 23.9 Å². The lowest BCUT2D eigenvalue weighted by Crippen LogP contribution is -2.47. The first kappa shape index (κ1) is 45.0. The summed E-state index contributed by atoms with van der Waals surface area (Å²) in [6, 6.07) is 10.6. The zero-order valence-corrected chi connectivity index (χ0v) is 37.4. The number of ether oxygens (including phenoxy) is 4. The number of carbonyl (C=O) groups is 4. The molecule has 2 aliphatic heterocycles. The molecule has 0 unspecified atom stereocenters. The summed E-state index contributed by atoms with van der Waals surface area (Å²) in [6.07, 6.45) is 6.02. The Kier molecular flexibility index (Phi) is 12.8. The van der Waals surface area contributed by atoms with Crippen LogP contribution in [0.4, 0.5) is 4.39 Å². The van der Waals surface area contributed by atoms with Gasteiger partial charge < -0.3 is 23.8 Å². The summed E-state index contributed by atoms with van der Waals surface area (Å²) in [5.41, 5.74) is -1.25. The highest BCUT2D eigenvalue weighted by molar-refractivity contribution is 7.90. The number of benzene rings is 2. The van der Waals surface area contributed by atoms with E-state index in [0.717, 1.165) is 6.42 Å². The number of allylic oxidation sites excluding steroid dienone is 2. The molecule has 0 radical (unpaired) electrons. The van der Waals surface area contributed by atoms with Crippen molar-refractivity contribution in [2.24, 2.45) is 29.1 Å². The zero-order chi connectivity index (χ0) is 44.7. The van der Waals surface area contributed by atoms with Crippen molar-refractivity contribution in [1.82, 2.24) is 14.6 Å². The minimum atomic E-state index is -3.90. The fourth-order valence-electron chi connectivity index (χ4n) is 9.10. The lowest BCUT2D eigenvalue weighted by molar-refractivity contribution is -0.160. The van der Waals surface area contributed by atoms with Crippen molar-refractivity contribution in [1.29, 1.82) is 0 Å². The molecule has 2 saturated carbocycles. The molecule has 1 aromatic heterocycles. The number of Topliss-reactive ketones (excluding diaryl/α,β-unsaturated/α-hetero) is 1. The highest BCUT2D eigenvalue weighted by atomic mass is 32.2. The first-order valence-electron chi connectivity index (χ1n) is 21.6. The molecule has 0 spiro atoms. The van der Waals surface area contributed by atoms with Crippen LogP contribution in [0.15, 0.2) is 54.6 Å². The quantitative estimate of drug-likeness (QED) is 0.160. The van der Waals surface area contributed by atoms with Crippen LogP contribution in [0.5, 0.6) is 17.4 Å². The van der Waals surface area contributed by atoms with E-state index in [-0.39, 0.29) is 61.6 Å². The van der Waals surface area contributed by atoms with Crippen LogP contribution in [-0.4, -0.2) is 85.6 Å². The SMILES string of the molecule is COc1ccc2c(O[C@@H]3C[C@H]4C(=O)C[C@]5(C(=O)NS(=O)(=O)C6CC6)C[C@H]5/C=C\CC[C@H](C)C[C@@H](C)[C@H](CC(=O)OC(C)(C)C)C(=O)N4C3)nc(-c3ccc(OC)c(F)c3)cc2c1. The van der Waals surface area contributed by atoms with Crippen LogP contribution >= 0.6 is 0 Å². The second kappa shape index (κ2) is 17.6. The molecule has 4 aliphatic rings. The van der Waals surface area contributed by atoms with E-state index in [1.807, 2.05) is 19.1 Å². The monoisotopic (exact) mass is 875 g/mol. The molecule has 13 nitrogen and oxygen atoms in total. The minimum Gasteiger partial charge on any atom is -0.497 e. The first-order valence-corrected chi connectivity index (χ1v) is 23.1. The lowest BCUT2D eigenvalue weighted by atomic mass is 9.82. The number of nitrogens with one attached hydrogen (secondary N) is 1. The van der Waals surface area contributed by atoms with Gasteiger partial charge in [-0.25, -0.2) is 17.8 Å². The average Bonchev–Trinajstić information content (AvgIpc) is 4.14. The minimum absolute atomic E-state index is 0.0355. The van der Waals surface area contributed by atoms with Gasteiger partial charge in [-0.2, -0.15) is 0 Å². The maximum atomic E-state index is 15.1. The Bertz CT molecular complexity index is 2380. The normalized spacial score (nSPS) is 27.6. The van der Waals surface area contributed by atoms with E-state index in [1.54, 1.807) is 58.2 Å². The number of sulfonamides is 1. The van der Waals surface area contributed by atoms with Gasteiger partial charge in [0.2, 0.25) is 27.7 Å². The van der Waals surface area contributed by atoms with Crippen LogP contribution in [0, 0.1) is 34.9 Å². The number of ketones is 1. The van der Waals surface area contributed by atoms with Crippen LogP contribution < -0.4 is 18.9 Å². The predicted octanol–water partition coefficient (Wildman–Crippen LogP) is 7.34. The van der Waals surface area contributed by atoms with Crippen LogP contribution in [-0.2, 0) is 33.9 Å². The number of carbonyl (C=O) groups excluding carboxylic acids is 4. The number of hydrogen-bond acceptors (Lipinski definition) is 11. The van der Waals surface area contributed by atoms with E-state index in [1.165, 1.54) is 24.1 Å². The van der Waals surface area contributed by atoms with E-state index in [4.69, 9.17) is 23.9 Å². The van der Waals surface area contributed by atoms with Gasteiger partial charge in [-0.1, -0.05) is 26.0 Å². The maximum Gasteiger partial charge on any atom is 0.307 e. The molecule has 0 bridgehead atoms. The van der Waals surface area contributed by atoms with Gasteiger partial charge in [0.25, 0.3) is 0 Å². The van der Waals surface area contributed by atoms with E-state index in [2.05, 4.69) is 11.6 Å². The number of methoxy groups -OCH3 is 2. The van der Waals surface area contributed by atoms with E-state index in [0.29, 0.717) is 53.5 Å². The second-order valence-corrected chi connectivity index (χ2v) is 20.7. The highest BCUT2D eigenvalue weighted by Crippen LogP contribution is 2.57. The zero-order valence-electron chi connectivity index (χ0n) is 36.6. The third-order valence-electron chi connectivity index (χ3n) is 12.7. The largest absolute Gasteiger partial charge is 0.497 e. The van der Waals surface area contributed by atoms with E-state index < -0.39 is 73.7 Å². The second-order valence-electron chi connectivity index (χ2n) is 18.7. The molecular weight excluding hydrogens is 818 g/mol. The number of amides is 2. The molecule has 62 heavy (non-hydrogen) atoms. The van der Waals surface area contributed by atoms with Crippen molar-refractivity contribution in [3.63, 3.8) is 0 Å².